The molecule has 1 aliphatic carbocycles. The number of benzene rings is 1. The van der Waals surface area contributed by atoms with Crippen molar-refractivity contribution in [3.63, 3.8) is 0 Å². The van der Waals surface area contributed by atoms with Crippen molar-refractivity contribution in [2.45, 2.75) is 39.0 Å². The third kappa shape index (κ3) is 4.12. The Morgan fingerprint density at radius 2 is 2.07 bits per heavy atom. The van der Waals surface area contributed by atoms with Gasteiger partial charge < -0.3 is 14.8 Å². The van der Waals surface area contributed by atoms with Gasteiger partial charge in [0.1, 0.15) is 12.4 Å². The van der Waals surface area contributed by atoms with Gasteiger partial charge in [-0.05, 0) is 31.6 Å². The molecule has 5 nitrogen and oxygen atoms in total. The largest absolute Gasteiger partial charge is 0.496 e. The van der Waals surface area contributed by atoms with Crippen LogP contribution in [0.15, 0.2) is 46.8 Å². The van der Waals surface area contributed by atoms with Crippen LogP contribution in [0.5, 0.6) is 5.75 Å². The molecule has 6 heteroatoms. The summed E-state index contributed by atoms with van der Waals surface area (Å²) in [6.07, 6.45) is 2.13. The van der Waals surface area contributed by atoms with Crippen molar-refractivity contribution in [3.05, 3.63) is 52.4 Å². The van der Waals surface area contributed by atoms with Gasteiger partial charge in [0.15, 0.2) is 5.78 Å². The molecule has 150 valence electrons. The smallest absolute Gasteiger partial charge is 0.336 e. The molecule has 1 N–H and O–H groups in total. The molecule has 0 spiro atoms. The highest BCUT2D eigenvalue weighted by Gasteiger charge is 2.40. The summed E-state index contributed by atoms with van der Waals surface area (Å²) in [6.45, 7) is 4.31. The Bertz CT molecular complexity index is 828. The first-order chi connectivity index (χ1) is 13.6. The predicted octanol–water partition coefficient (Wildman–Crippen LogP) is 3.96. The van der Waals surface area contributed by atoms with Crippen LogP contribution in [0.2, 0.25) is 0 Å². The first-order valence-corrected chi connectivity index (χ1v) is 10.9. The van der Waals surface area contributed by atoms with Crippen molar-refractivity contribution >= 4 is 23.5 Å². The van der Waals surface area contributed by atoms with Crippen molar-refractivity contribution in [2.75, 3.05) is 25.2 Å². The Labute approximate surface area is 170 Å². The number of hydrogen-bond acceptors (Lipinski definition) is 6. The predicted molar refractivity (Wildman–Crippen MR) is 111 cm³/mol. The average Bonchev–Trinajstić information content (AvgIpc) is 2.70. The fourth-order valence-electron chi connectivity index (χ4n) is 3.89. The molecule has 1 heterocycles. The molecule has 1 aromatic carbocycles. The van der Waals surface area contributed by atoms with Crippen LogP contribution in [0, 0.1) is 0 Å². The third-order valence-corrected chi connectivity index (χ3v) is 5.97. The molecule has 1 aliphatic heterocycles. The second-order valence-electron chi connectivity index (χ2n) is 6.84. The van der Waals surface area contributed by atoms with Crippen LogP contribution in [-0.4, -0.2) is 37.0 Å². The van der Waals surface area contributed by atoms with Crippen LogP contribution in [-0.2, 0) is 14.3 Å². The number of nitrogens with one attached hydrogen (secondary N) is 1. The number of thioether (sulfide) groups is 1. The molecule has 0 amide bonds. The Hall–Kier alpha value is -2.21. The van der Waals surface area contributed by atoms with E-state index in [-0.39, 0.29) is 11.8 Å². The van der Waals surface area contributed by atoms with Gasteiger partial charge in [-0.3, -0.25) is 4.79 Å². The molecule has 1 unspecified atom stereocenters. The number of para-hydroxylation sites is 1. The van der Waals surface area contributed by atoms with Crippen molar-refractivity contribution in [1.82, 2.24) is 5.32 Å². The van der Waals surface area contributed by atoms with Gasteiger partial charge in [-0.25, -0.2) is 4.79 Å². The van der Waals surface area contributed by atoms with Gasteiger partial charge in [0.2, 0.25) is 0 Å². The number of Topliss-reactive ketones (excluding diaryl/α,β-unsaturated/α-hetero) is 1. The molecule has 0 saturated heterocycles. The summed E-state index contributed by atoms with van der Waals surface area (Å²) in [4.78, 5) is 25.9. The maximum atomic E-state index is 13.0. The minimum absolute atomic E-state index is 0.0870. The normalized spacial score (nSPS) is 19.2. The fraction of sp³-hybridized carbons (Fsp3) is 0.455. The molecule has 0 radical (unpaired) electrons. The summed E-state index contributed by atoms with van der Waals surface area (Å²) >= 11 is 1.73. The Balaban J connectivity index is 2.03. The lowest BCUT2D eigenvalue weighted by Gasteiger charge is -2.34. The minimum atomic E-state index is -0.466. The van der Waals surface area contributed by atoms with Gasteiger partial charge in [-0.2, -0.15) is 11.8 Å². The number of carbonyl (C=O) groups is 2. The van der Waals surface area contributed by atoms with E-state index in [1.54, 1.807) is 18.9 Å². The number of carbonyl (C=O) groups excluding carboxylic acids is 2. The van der Waals surface area contributed by atoms with Crippen LogP contribution in [0.3, 0.4) is 0 Å². The molecular formula is C22H27NO4S. The lowest BCUT2D eigenvalue weighted by atomic mass is 9.75. The topological polar surface area (TPSA) is 64.6 Å². The van der Waals surface area contributed by atoms with Crippen LogP contribution >= 0.6 is 11.8 Å². The maximum absolute atomic E-state index is 13.0. The van der Waals surface area contributed by atoms with Gasteiger partial charge >= 0.3 is 5.97 Å². The second-order valence-corrected chi connectivity index (χ2v) is 8.23. The summed E-state index contributed by atoms with van der Waals surface area (Å²) in [7, 11) is 1.61. The summed E-state index contributed by atoms with van der Waals surface area (Å²) in [5, 5.41) is 3.31. The number of ketones is 1. The van der Waals surface area contributed by atoms with Crippen LogP contribution in [0.1, 0.15) is 44.6 Å². The van der Waals surface area contributed by atoms with E-state index in [4.69, 9.17) is 9.47 Å². The summed E-state index contributed by atoms with van der Waals surface area (Å²) in [5.74, 6) is 1.65. The molecule has 28 heavy (non-hydrogen) atoms. The van der Waals surface area contributed by atoms with Crippen molar-refractivity contribution in [2.24, 2.45) is 0 Å². The van der Waals surface area contributed by atoms with Crippen molar-refractivity contribution in [1.29, 1.82) is 0 Å². The van der Waals surface area contributed by atoms with E-state index in [0.29, 0.717) is 29.9 Å². The lowest BCUT2D eigenvalue weighted by molar-refractivity contribution is -0.138. The molecule has 1 atom stereocenters. The second kappa shape index (κ2) is 9.32. The van der Waals surface area contributed by atoms with Gasteiger partial charge in [-0.15, -0.1) is 0 Å². The Morgan fingerprint density at radius 1 is 1.29 bits per heavy atom. The van der Waals surface area contributed by atoms with E-state index in [1.165, 1.54) is 0 Å². The molecular weight excluding hydrogens is 374 g/mol. The quantitative estimate of drug-likeness (QED) is 0.551. The highest BCUT2D eigenvalue weighted by Crippen LogP contribution is 2.45. The van der Waals surface area contributed by atoms with E-state index in [0.717, 1.165) is 41.3 Å². The highest BCUT2D eigenvalue weighted by atomic mass is 32.2. The number of methoxy groups -OCH3 is 1. The first-order valence-electron chi connectivity index (χ1n) is 9.70. The van der Waals surface area contributed by atoms with Gasteiger partial charge in [0.05, 0.1) is 18.6 Å². The minimum Gasteiger partial charge on any atom is -0.496 e. The number of ether oxygens (including phenoxy) is 2. The zero-order chi connectivity index (χ0) is 20.1. The molecule has 2 aliphatic rings. The standard InChI is InChI=1S/C22H27NO4S/c1-4-28-13-12-27-22(25)19-14(2)23-16-9-7-10-17(24)21(16)20(19)15-8-5-6-11-18(15)26-3/h5-6,8,11,20,23H,4,7,9-10,12-13H2,1-3H3. The monoisotopic (exact) mass is 401 g/mol. The van der Waals surface area contributed by atoms with Gasteiger partial charge in [-0.1, -0.05) is 25.1 Å². The Kier molecular flexibility index (Phi) is 6.83. The molecule has 0 saturated carbocycles. The first kappa shape index (κ1) is 20.5. The third-order valence-electron chi connectivity index (χ3n) is 5.11. The number of rotatable bonds is 7. The zero-order valence-corrected chi connectivity index (χ0v) is 17.5. The summed E-state index contributed by atoms with van der Waals surface area (Å²) in [6, 6.07) is 7.58. The van der Waals surface area contributed by atoms with Crippen molar-refractivity contribution in [3.8, 4) is 5.75 Å². The highest BCUT2D eigenvalue weighted by molar-refractivity contribution is 7.99. The molecule has 0 fully saturated rings. The number of allylic oxidation sites excluding steroid dienone is 3. The van der Waals surface area contributed by atoms with E-state index in [1.807, 2.05) is 31.2 Å². The summed E-state index contributed by atoms with van der Waals surface area (Å²) < 4.78 is 11.1. The zero-order valence-electron chi connectivity index (χ0n) is 16.7. The fourth-order valence-corrected chi connectivity index (χ4v) is 4.38. The average molecular weight is 402 g/mol. The molecule has 0 bridgehead atoms. The SMILES string of the molecule is CCSCCOC(=O)C1=C(C)NC2=C(C(=O)CCC2)C1c1ccccc1OC. The van der Waals surface area contributed by atoms with Gasteiger partial charge in [0.25, 0.3) is 0 Å². The van der Waals surface area contributed by atoms with Crippen LogP contribution in [0.25, 0.3) is 0 Å². The summed E-state index contributed by atoms with van der Waals surface area (Å²) in [5.41, 5.74) is 3.67. The molecule has 0 aromatic heterocycles. The maximum Gasteiger partial charge on any atom is 0.336 e. The number of dihydropyridines is 1. The van der Waals surface area contributed by atoms with Crippen molar-refractivity contribution < 1.29 is 19.1 Å². The van der Waals surface area contributed by atoms with E-state index >= 15 is 0 Å². The Morgan fingerprint density at radius 3 is 2.82 bits per heavy atom. The van der Waals surface area contributed by atoms with Crippen LogP contribution < -0.4 is 10.1 Å². The van der Waals surface area contributed by atoms with E-state index in [2.05, 4.69) is 12.2 Å². The number of esters is 1. The van der Waals surface area contributed by atoms with E-state index in [9.17, 15) is 9.59 Å². The van der Waals surface area contributed by atoms with E-state index < -0.39 is 5.92 Å². The molecule has 3 rings (SSSR count). The van der Waals surface area contributed by atoms with Crippen LogP contribution in [0.4, 0.5) is 0 Å². The van der Waals surface area contributed by atoms with Gasteiger partial charge in [0, 0.05) is 34.7 Å². The molecule has 1 aromatic rings. The number of hydrogen-bond donors (Lipinski definition) is 1. The lowest BCUT2D eigenvalue weighted by Crippen LogP contribution is -2.34.